The van der Waals surface area contributed by atoms with E-state index in [2.05, 4.69) is 5.32 Å². The van der Waals surface area contributed by atoms with Gasteiger partial charge in [-0.2, -0.15) is 4.31 Å². The van der Waals surface area contributed by atoms with Gasteiger partial charge >= 0.3 is 6.03 Å². The molecule has 2 aliphatic heterocycles. The molecule has 25 heavy (non-hydrogen) atoms. The lowest BCUT2D eigenvalue weighted by Crippen LogP contribution is -2.53. The van der Waals surface area contributed by atoms with Crippen molar-refractivity contribution in [1.82, 2.24) is 14.5 Å². The second kappa shape index (κ2) is 8.16. The van der Waals surface area contributed by atoms with E-state index in [9.17, 15) is 13.2 Å². The summed E-state index contributed by atoms with van der Waals surface area (Å²) in [5.41, 5.74) is 0. The lowest BCUT2D eigenvalue weighted by molar-refractivity contribution is 0.0662. The van der Waals surface area contributed by atoms with Crippen LogP contribution in [0.3, 0.4) is 0 Å². The Kier molecular flexibility index (Phi) is 5.93. The van der Waals surface area contributed by atoms with Crippen molar-refractivity contribution in [2.24, 2.45) is 5.92 Å². The number of amides is 2. The number of hydrogen-bond donors (Lipinski definition) is 1. The van der Waals surface area contributed by atoms with Crippen LogP contribution in [0, 0.1) is 5.92 Å². The number of piperazine rings is 1. The van der Waals surface area contributed by atoms with E-state index in [1.807, 2.05) is 0 Å². The highest BCUT2D eigenvalue weighted by molar-refractivity contribution is 7.89. The molecule has 0 aliphatic carbocycles. The van der Waals surface area contributed by atoms with Crippen LogP contribution in [0.25, 0.3) is 0 Å². The Morgan fingerprint density at radius 3 is 2.36 bits per heavy atom. The van der Waals surface area contributed by atoms with Crippen molar-refractivity contribution < 1.29 is 17.9 Å². The summed E-state index contributed by atoms with van der Waals surface area (Å²) in [6.07, 6.45) is 1.95. The largest absolute Gasteiger partial charge is 0.381 e. The number of nitrogens with one attached hydrogen (secondary N) is 1. The maximum Gasteiger partial charge on any atom is 0.317 e. The number of carbonyl (C=O) groups excluding carboxylic acids is 1. The number of carbonyl (C=O) groups is 1. The lowest BCUT2D eigenvalue weighted by atomic mass is 10.0. The van der Waals surface area contributed by atoms with Gasteiger partial charge in [-0.3, -0.25) is 0 Å². The molecule has 8 heteroatoms. The average molecular weight is 367 g/mol. The minimum atomic E-state index is -3.48. The van der Waals surface area contributed by atoms with E-state index in [0.717, 1.165) is 26.1 Å². The molecule has 138 valence electrons. The van der Waals surface area contributed by atoms with Crippen molar-refractivity contribution in [3.05, 3.63) is 30.3 Å². The van der Waals surface area contributed by atoms with E-state index in [-0.39, 0.29) is 6.03 Å². The van der Waals surface area contributed by atoms with Crippen LogP contribution in [0.15, 0.2) is 35.2 Å². The minimum absolute atomic E-state index is 0.108. The van der Waals surface area contributed by atoms with Gasteiger partial charge in [0.1, 0.15) is 0 Å². The van der Waals surface area contributed by atoms with Gasteiger partial charge in [0, 0.05) is 45.9 Å². The van der Waals surface area contributed by atoms with Gasteiger partial charge in [0.05, 0.1) is 4.90 Å². The summed E-state index contributed by atoms with van der Waals surface area (Å²) >= 11 is 0. The summed E-state index contributed by atoms with van der Waals surface area (Å²) in [7, 11) is -3.48. The molecule has 2 saturated heterocycles. The van der Waals surface area contributed by atoms with Crippen LogP contribution in [0.2, 0.25) is 0 Å². The van der Waals surface area contributed by atoms with E-state index >= 15 is 0 Å². The van der Waals surface area contributed by atoms with Crippen LogP contribution in [-0.4, -0.2) is 69.6 Å². The van der Waals surface area contributed by atoms with E-state index < -0.39 is 10.0 Å². The van der Waals surface area contributed by atoms with Crippen molar-refractivity contribution >= 4 is 16.1 Å². The van der Waals surface area contributed by atoms with E-state index in [1.165, 1.54) is 4.31 Å². The quantitative estimate of drug-likeness (QED) is 0.865. The highest BCUT2D eigenvalue weighted by atomic mass is 32.2. The minimum Gasteiger partial charge on any atom is -0.381 e. The molecule has 3 rings (SSSR count). The predicted octanol–water partition coefficient (Wildman–Crippen LogP) is 1.13. The molecule has 2 aliphatic rings. The number of nitrogens with zero attached hydrogens (tertiary/aromatic N) is 2. The van der Waals surface area contributed by atoms with Crippen molar-refractivity contribution in [3.63, 3.8) is 0 Å². The number of urea groups is 1. The highest BCUT2D eigenvalue weighted by Gasteiger charge is 2.30. The first-order valence-corrected chi connectivity index (χ1v) is 10.2. The molecule has 1 aromatic carbocycles. The molecule has 0 atom stereocenters. The number of sulfonamides is 1. The van der Waals surface area contributed by atoms with Crippen molar-refractivity contribution in [2.75, 3.05) is 45.9 Å². The molecule has 2 fully saturated rings. The fraction of sp³-hybridized carbons (Fsp3) is 0.588. The van der Waals surface area contributed by atoms with Gasteiger partial charge in [-0.15, -0.1) is 0 Å². The summed E-state index contributed by atoms with van der Waals surface area (Å²) in [5.74, 6) is 0.470. The van der Waals surface area contributed by atoms with E-state index in [4.69, 9.17) is 4.74 Å². The number of rotatable bonds is 4. The van der Waals surface area contributed by atoms with Gasteiger partial charge in [0.25, 0.3) is 0 Å². The second-order valence-electron chi connectivity index (χ2n) is 6.45. The number of benzene rings is 1. The predicted molar refractivity (Wildman–Crippen MR) is 93.7 cm³/mol. The first-order chi connectivity index (χ1) is 12.1. The van der Waals surface area contributed by atoms with Crippen LogP contribution < -0.4 is 5.32 Å². The van der Waals surface area contributed by atoms with Gasteiger partial charge in [-0.1, -0.05) is 18.2 Å². The summed E-state index contributed by atoms with van der Waals surface area (Å²) in [6.45, 7) is 3.64. The fourth-order valence-corrected chi connectivity index (χ4v) is 4.61. The van der Waals surface area contributed by atoms with Gasteiger partial charge in [-0.25, -0.2) is 13.2 Å². The zero-order valence-electron chi connectivity index (χ0n) is 14.3. The molecule has 1 N–H and O–H groups in total. The second-order valence-corrected chi connectivity index (χ2v) is 8.38. The zero-order chi connectivity index (χ0) is 17.7. The zero-order valence-corrected chi connectivity index (χ0v) is 15.1. The van der Waals surface area contributed by atoms with Gasteiger partial charge in [-0.05, 0) is 30.9 Å². The maximum absolute atomic E-state index is 12.6. The third-order valence-electron chi connectivity index (χ3n) is 4.79. The molecule has 0 unspecified atom stereocenters. The first-order valence-electron chi connectivity index (χ1n) is 8.73. The molecule has 0 bridgehead atoms. The van der Waals surface area contributed by atoms with Gasteiger partial charge in [0.2, 0.25) is 10.0 Å². The summed E-state index contributed by atoms with van der Waals surface area (Å²) in [5, 5.41) is 2.97. The molecule has 0 saturated carbocycles. The number of ether oxygens (including phenoxy) is 1. The third kappa shape index (κ3) is 4.50. The molecular formula is C17H25N3O4S. The van der Waals surface area contributed by atoms with Crippen molar-refractivity contribution in [1.29, 1.82) is 0 Å². The van der Waals surface area contributed by atoms with Crippen LogP contribution in [0.4, 0.5) is 4.79 Å². The Morgan fingerprint density at radius 2 is 1.72 bits per heavy atom. The number of hydrogen-bond acceptors (Lipinski definition) is 4. The fourth-order valence-electron chi connectivity index (χ4n) is 3.17. The normalized spacial score (nSPS) is 20.4. The van der Waals surface area contributed by atoms with Crippen LogP contribution >= 0.6 is 0 Å². The molecule has 0 radical (unpaired) electrons. The first kappa shape index (κ1) is 18.2. The van der Waals surface area contributed by atoms with E-state index in [0.29, 0.717) is 43.5 Å². The molecule has 1 aromatic rings. The maximum atomic E-state index is 12.6. The topological polar surface area (TPSA) is 79.0 Å². The standard InChI is InChI=1S/C17H25N3O4S/c21-17(18-14-15-6-12-24-13-7-15)19-8-10-20(11-9-19)25(22,23)16-4-2-1-3-5-16/h1-5,15H,6-14H2,(H,18,21). The van der Waals surface area contributed by atoms with Crippen molar-refractivity contribution in [3.8, 4) is 0 Å². The summed E-state index contributed by atoms with van der Waals surface area (Å²) in [4.78, 5) is 14.3. The Hall–Kier alpha value is -1.64. The van der Waals surface area contributed by atoms with Gasteiger partial charge < -0.3 is 15.0 Å². The van der Waals surface area contributed by atoms with Crippen LogP contribution in [0.1, 0.15) is 12.8 Å². The Bertz CT molecular complexity index is 666. The SMILES string of the molecule is O=C(NCC1CCOCC1)N1CCN(S(=O)(=O)c2ccccc2)CC1. The monoisotopic (exact) mass is 367 g/mol. The molecule has 2 amide bonds. The van der Waals surface area contributed by atoms with Crippen LogP contribution in [0.5, 0.6) is 0 Å². The van der Waals surface area contributed by atoms with Gasteiger partial charge in [0.15, 0.2) is 0 Å². The molecule has 0 aromatic heterocycles. The highest BCUT2D eigenvalue weighted by Crippen LogP contribution is 2.17. The smallest absolute Gasteiger partial charge is 0.317 e. The van der Waals surface area contributed by atoms with Crippen molar-refractivity contribution in [2.45, 2.75) is 17.7 Å². The Balaban J connectivity index is 1.49. The molecule has 0 spiro atoms. The van der Waals surface area contributed by atoms with Crippen LogP contribution in [-0.2, 0) is 14.8 Å². The lowest BCUT2D eigenvalue weighted by Gasteiger charge is -2.34. The Morgan fingerprint density at radius 1 is 1.08 bits per heavy atom. The van der Waals surface area contributed by atoms with E-state index in [1.54, 1.807) is 35.2 Å². The molecule has 2 heterocycles. The summed E-state index contributed by atoms with van der Waals surface area (Å²) in [6, 6.07) is 8.31. The molecule has 7 nitrogen and oxygen atoms in total. The average Bonchev–Trinajstić information content (AvgIpc) is 2.68. The Labute approximate surface area is 149 Å². The third-order valence-corrected chi connectivity index (χ3v) is 6.70. The molecular weight excluding hydrogens is 342 g/mol. The summed E-state index contributed by atoms with van der Waals surface area (Å²) < 4.78 is 31.9.